The van der Waals surface area contributed by atoms with Crippen LogP contribution in [0.15, 0.2) is 47.5 Å². The first-order chi connectivity index (χ1) is 14.1. The molecule has 0 atom stereocenters. The van der Waals surface area contributed by atoms with E-state index in [1.54, 1.807) is 24.3 Å². The highest BCUT2D eigenvalue weighted by Crippen LogP contribution is 2.29. The molecule has 8 heteroatoms. The summed E-state index contributed by atoms with van der Waals surface area (Å²) in [5.74, 6) is -0.535. The Balaban J connectivity index is 1.87. The number of hydrogen-bond donors (Lipinski definition) is 1. The summed E-state index contributed by atoms with van der Waals surface area (Å²) in [5.41, 5.74) is 1.88. The average molecular weight is 406 g/mol. The van der Waals surface area contributed by atoms with Crippen molar-refractivity contribution in [1.82, 2.24) is 14.3 Å². The molecular formula is C22H22N4O4. The van der Waals surface area contributed by atoms with Crippen molar-refractivity contribution in [3.63, 3.8) is 0 Å². The molecule has 0 bridgehead atoms. The maximum atomic E-state index is 12.7. The van der Waals surface area contributed by atoms with Gasteiger partial charge in [0.2, 0.25) is 0 Å². The fourth-order valence-corrected chi connectivity index (χ4v) is 3.08. The van der Waals surface area contributed by atoms with Gasteiger partial charge in [-0.3, -0.25) is 0 Å². The summed E-state index contributed by atoms with van der Waals surface area (Å²) < 4.78 is 8.48. The molecule has 0 aliphatic rings. The standard InChI is InChI=1S/C22H22N4O4/c1-14-9-17(10-15(2)19(14)30-22(3,4)20(27)28)12-26-21(29)25(13-24-26)18-7-5-16(11-23)6-8-18/h5-10,13H,12H2,1-4H3,(H,27,28). The van der Waals surface area contributed by atoms with Crippen molar-refractivity contribution in [3.05, 3.63) is 75.5 Å². The molecule has 2 aromatic carbocycles. The first-order valence-electron chi connectivity index (χ1n) is 9.30. The molecule has 1 heterocycles. The van der Waals surface area contributed by atoms with Crippen LogP contribution in [0.2, 0.25) is 0 Å². The highest BCUT2D eigenvalue weighted by molar-refractivity contribution is 5.77. The zero-order valence-electron chi connectivity index (χ0n) is 17.2. The molecule has 0 aliphatic carbocycles. The number of carboxylic acid groups (broad SMARTS) is 1. The predicted octanol–water partition coefficient (Wildman–Crippen LogP) is 2.81. The number of aryl methyl sites for hydroxylation is 2. The minimum atomic E-state index is -1.35. The zero-order chi connectivity index (χ0) is 22.1. The van der Waals surface area contributed by atoms with E-state index in [0.717, 1.165) is 16.7 Å². The molecule has 0 saturated heterocycles. The molecule has 0 radical (unpaired) electrons. The molecule has 3 rings (SSSR count). The molecule has 0 unspecified atom stereocenters. The van der Waals surface area contributed by atoms with Gasteiger partial charge in [0.1, 0.15) is 12.1 Å². The number of nitriles is 1. The molecule has 0 amide bonds. The van der Waals surface area contributed by atoms with Crippen molar-refractivity contribution in [2.45, 2.75) is 39.8 Å². The lowest BCUT2D eigenvalue weighted by Gasteiger charge is -2.24. The Morgan fingerprint density at radius 1 is 1.20 bits per heavy atom. The Morgan fingerprint density at radius 2 is 1.80 bits per heavy atom. The minimum Gasteiger partial charge on any atom is -0.478 e. The van der Waals surface area contributed by atoms with E-state index in [4.69, 9.17) is 10.00 Å². The van der Waals surface area contributed by atoms with Crippen molar-refractivity contribution in [2.24, 2.45) is 0 Å². The van der Waals surface area contributed by atoms with Gasteiger partial charge in [0, 0.05) is 0 Å². The van der Waals surface area contributed by atoms with Crippen LogP contribution >= 0.6 is 0 Å². The number of nitrogens with zero attached hydrogens (tertiary/aromatic N) is 4. The molecule has 0 saturated carbocycles. The summed E-state index contributed by atoms with van der Waals surface area (Å²) in [6.45, 7) is 6.92. The summed E-state index contributed by atoms with van der Waals surface area (Å²) in [7, 11) is 0. The quantitative estimate of drug-likeness (QED) is 0.674. The van der Waals surface area contributed by atoms with E-state index in [1.165, 1.54) is 29.4 Å². The van der Waals surface area contributed by atoms with E-state index in [9.17, 15) is 14.7 Å². The lowest BCUT2D eigenvalue weighted by molar-refractivity contribution is -0.152. The maximum absolute atomic E-state index is 12.7. The molecular weight excluding hydrogens is 384 g/mol. The molecule has 30 heavy (non-hydrogen) atoms. The maximum Gasteiger partial charge on any atom is 0.350 e. The topological polar surface area (TPSA) is 110 Å². The third kappa shape index (κ3) is 4.10. The van der Waals surface area contributed by atoms with Crippen LogP contribution in [0.4, 0.5) is 0 Å². The van der Waals surface area contributed by atoms with Crippen LogP contribution in [0.5, 0.6) is 5.75 Å². The van der Waals surface area contributed by atoms with Gasteiger partial charge in [0.25, 0.3) is 0 Å². The summed E-state index contributed by atoms with van der Waals surface area (Å²) >= 11 is 0. The molecule has 0 fully saturated rings. The van der Waals surface area contributed by atoms with Gasteiger partial charge in [-0.25, -0.2) is 18.8 Å². The van der Waals surface area contributed by atoms with E-state index in [0.29, 0.717) is 17.0 Å². The Kier molecular flexibility index (Phi) is 5.47. The molecule has 1 N–H and O–H groups in total. The van der Waals surface area contributed by atoms with Crippen molar-refractivity contribution < 1.29 is 14.6 Å². The SMILES string of the molecule is Cc1cc(Cn2ncn(-c3ccc(C#N)cc3)c2=O)cc(C)c1OC(C)(C)C(=O)O. The van der Waals surface area contributed by atoms with Crippen LogP contribution in [0, 0.1) is 25.2 Å². The van der Waals surface area contributed by atoms with Crippen LogP contribution in [-0.4, -0.2) is 31.0 Å². The average Bonchev–Trinajstić information content (AvgIpc) is 3.05. The number of hydrogen-bond acceptors (Lipinski definition) is 5. The summed E-state index contributed by atoms with van der Waals surface area (Å²) in [6.07, 6.45) is 1.44. The van der Waals surface area contributed by atoms with Gasteiger partial charge < -0.3 is 9.84 Å². The second-order valence-corrected chi connectivity index (χ2v) is 7.58. The minimum absolute atomic E-state index is 0.256. The molecule has 1 aromatic heterocycles. The molecule has 0 aliphatic heterocycles. The predicted molar refractivity (Wildman–Crippen MR) is 110 cm³/mol. The summed E-state index contributed by atoms with van der Waals surface area (Å²) in [4.78, 5) is 24.1. The van der Waals surface area contributed by atoms with Gasteiger partial charge in [-0.2, -0.15) is 10.4 Å². The van der Waals surface area contributed by atoms with E-state index < -0.39 is 11.6 Å². The lowest BCUT2D eigenvalue weighted by atomic mass is 10.0. The Bertz CT molecular complexity index is 1170. The van der Waals surface area contributed by atoms with Crippen molar-refractivity contribution in [3.8, 4) is 17.5 Å². The van der Waals surface area contributed by atoms with Crippen LogP contribution in [0.1, 0.15) is 36.1 Å². The molecule has 154 valence electrons. The van der Waals surface area contributed by atoms with Crippen molar-refractivity contribution >= 4 is 5.97 Å². The lowest BCUT2D eigenvalue weighted by Crippen LogP contribution is -2.38. The third-order valence-electron chi connectivity index (χ3n) is 4.73. The smallest absolute Gasteiger partial charge is 0.350 e. The Labute approximate surface area is 173 Å². The first-order valence-corrected chi connectivity index (χ1v) is 9.30. The van der Waals surface area contributed by atoms with Crippen LogP contribution < -0.4 is 10.4 Å². The number of aromatic nitrogens is 3. The fourth-order valence-electron chi connectivity index (χ4n) is 3.08. The van der Waals surface area contributed by atoms with Gasteiger partial charge in [-0.1, -0.05) is 12.1 Å². The van der Waals surface area contributed by atoms with Crippen LogP contribution in [0.25, 0.3) is 5.69 Å². The van der Waals surface area contributed by atoms with Gasteiger partial charge in [0.15, 0.2) is 5.60 Å². The monoisotopic (exact) mass is 406 g/mol. The van der Waals surface area contributed by atoms with E-state index >= 15 is 0 Å². The van der Waals surface area contributed by atoms with Gasteiger partial charge >= 0.3 is 11.7 Å². The number of aliphatic carboxylic acids is 1. The van der Waals surface area contributed by atoms with Crippen LogP contribution in [-0.2, 0) is 11.3 Å². The second-order valence-electron chi connectivity index (χ2n) is 7.58. The van der Waals surface area contributed by atoms with Gasteiger partial charge in [-0.15, -0.1) is 0 Å². The van der Waals surface area contributed by atoms with E-state index in [2.05, 4.69) is 5.10 Å². The molecule has 8 nitrogen and oxygen atoms in total. The summed E-state index contributed by atoms with van der Waals surface area (Å²) in [5, 5.41) is 22.4. The Hall–Kier alpha value is -3.86. The van der Waals surface area contributed by atoms with Gasteiger partial charge in [-0.05, 0) is 68.7 Å². The highest BCUT2D eigenvalue weighted by Gasteiger charge is 2.30. The summed E-state index contributed by atoms with van der Waals surface area (Å²) in [6, 6.07) is 12.4. The second kappa shape index (κ2) is 7.87. The molecule has 3 aromatic rings. The number of ether oxygens (including phenoxy) is 1. The van der Waals surface area contributed by atoms with Gasteiger partial charge in [0.05, 0.1) is 23.9 Å². The van der Waals surface area contributed by atoms with Crippen molar-refractivity contribution in [2.75, 3.05) is 0 Å². The normalized spacial score (nSPS) is 11.2. The number of benzene rings is 2. The Morgan fingerprint density at radius 3 is 2.33 bits per heavy atom. The number of carboxylic acids is 1. The van der Waals surface area contributed by atoms with Crippen molar-refractivity contribution in [1.29, 1.82) is 5.26 Å². The molecule has 0 spiro atoms. The number of carbonyl (C=O) groups is 1. The third-order valence-corrected chi connectivity index (χ3v) is 4.73. The fraction of sp³-hybridized carbons (Fsp3) is 0.273. The first kappa shape index (κ1) is 20.9. The number of rotatable bonds is 6. The largest absolute Gasteiger partial charge is 0.478 e. The van der Waals surface area contributed by atoms with E-state index in [1.807, 2.05) is 32.0 Å². The van der Waals surface area contributed by atoms with Crippen LogP contribution in [0.3, 0.4) is 0 Å². The highest BCUT2D eigenvalue weighted by atomic mass is 16.5. The van der Waals surface area contributed by atoms with E-state index in [-0.39, 0.29) is 12.2 Å². The zero-order valence-corrected chi connectivity index (χ0v) is 17.2.